The van der Waals surface area contributed by atoms with Gasteiger partial charge in [0.15, 0.2) is 0 Å². The first-order chi connectivity index (χ1) is 13.2. The number of aliphatic hydroxyl groups excluding tert-OH is 3. The average molecular weight is 389 g/mol. The van der Waals surface area contributed by atoms with Crippen LogP contribution >= 0.6 is 0 Å². The fraction of sp³-hybridized carbons (Fsp3) is 0.952. The SMILES string of the molecule is O=C(CCCCCCCC1OC1CCCCCCCCO)OC(CO)CO. The molecule has 2 atom stereocenters. The van der Waals surface area contributed by atoms with E-state index in [0.29, 0.717) is 25.2 Å². The molecule has 0 aliphatic carbocycles. The van der Waals surface area contributed by atoms with E-state index in [0.717, 1.165) is 38.5 Å². The van der Waals surface area contributed by atoms with E-state index in [2.05, 4.69) is 0 Å². The number of epoxide rings is 1. The first-order valence-corrected chi connectivity index (χ1v) is 10.9. The molecule has 0 spiro atoms. The highest BCUT2D eigenvalue weighted by molar-refractivity contribution is 5.69. The van der Waals surface area contributed by atoms with Crippen molar-refractivity contribution < 1.29 is 29.6 Å². The molecule has 1 saturated heterocycles. The number of carbonyl (C=O) groups is 1. The van der Waals surface area contributed by atoms with Gasteiger partial charge in [-0.15, -0.1) is 0 Å². The van der Waals surface area contributed by atoms with Crippen molar-refractivity contribution in [2.24, 2.45) is 0 Å². The highest BCUT2D eigenvalue weighted by Crippen LogP contribution is 2.31. The fourth-order valence-corrected chi connectivity index (χ4v) is 3.37. The number of carbonyl (C=O) groups excluding carboxylic acids is 1. The Morgan fingerprint density at radius 2 is 1.22 bits per heavy atom. The second-order valence-electron chi connectivity index (χ2n) is 7.63. The monoisotopic (exact) mass is 388 g/mol. The molecule has 1 aliphatic heterocycles. The van der Waals surface area contributed by atoms with Crippen molar-refractivity contribution in [3.8, 4) is 0 Å². The number of ether oxygens (including phenoxy) is 2. The lowest BCUT2D eigenvalue weighted by Crippen LogP contribution is -2.25. The van der Waals surface area contributed by atoms with E-state index in [4.69, 9.17) is 24.8 Å². The van der Waals surface area contributed by atoms with Crippen LogP contribution in [0, 0.1) is 0 Å². The Labute approximate surface area is 164 Å². The Hall–Kier alpha value is -0.690. The summed E-state index contributed by atoms with van der Waals surface area (Å²) in [6.07, 6.45) is 15.3. The van der Waals surface area contributed by atoms with Crippen LogP contribution in [-0.2, 0) is 14.3 Å². The van der Waals surface area contributed by atoms with Crippen molar-refractivity contribution in [3.63, 3.8) is 0 Å². The molecule has 0 aromatic rings. The Balaban J connectivity index is 1.81. The van der Waals surface area contributed by atoms with Crippen LogP contribution in [0.3, 0.4) is 0 Å². The summed E-state index contributed by atoms with van der Waals surface area (Å²) < 4.78 is 10.7. The second-order valence-corrected chi connectivity index (χ2v) is 7.63. The number of aliphatic hydroxyl groups is 3. The number of hydrogen-bond acceptors (Lipinski definition) is 6. The third-order valence-corrected chi connectivity index (χ3v) is 5.16. The Kier molecular flexibility index (Phi) is 14.7. The second kappa shape index (κ2) is 16.3. The van der Waals surface area contributed by atoms with Crippen molar-refractivity contribution in [2.45, 2.75) is 108 Å². The smallest absolute Gasteiger partial charge is 0.306 e. The van der Waals surface area contributed by atoms with E-state index in [1.165, 1.54) is 44.9 Å². The minimum atomic E-state index is -0.782. The minimum absolute atomic E-state index is 0.319. The van der Waals surface area contributed by atoms with Crippen LogP contribution in [0.5, 0.6) is 0 Å². The first kappa shape index (κ1) is 24.3. The normalized spacial score (nSPS) is 18.8. The van der Waals surface area contributed by atoms with E-state index >= 15 is 0 Å². The van der Waals surface area contributed by atoms with Gasteiger partial charge in [-0.05, 0) is 25.7 Å². The molecule has 0 amide bonds. The molecule has 27 heavy (non-hydrogen) atoms. The third kappa shape index (κ3) is 13.2. The summed E-state index contributed by atoms with van der Waals surface area (Å²) in [7, 11) is 0. The maximum Gasteiger partial charge on any atom is 0.306 e. The zero-order valence-electron chi connectivity index (χ0n) is 16.8. The van der Waals surface area contributed by atoms with Gasteiger partial charge in [0, 0.05) is 13.0 Å². The molecule has 0 aromatic carbocycles. The lowest BCUT2D eigenvalue weighted by Gasteiger charge is -2.12. The maximum atomic E-state index is 11.5. The molecule has 2 unspecified atom stereocenters. The third-order valence-electron chi connectivity index (χ3n) is 5.16. The van der Waals surface area contributed by atoms with Crippen molar-refractivity contribution in [1.82, 2.24) is 0 Å². The van der Waals surface area contributed by atoms with Crippen molar-refractivity contribution in [1.29, 1.82) is 0 Å². The van der Waals surface area contributed by atoms with Gasteiger partial charge in [0.1, 0.15) is 6.10 Å². The molecule has 6 heteroatoms. The predicted octanol–water partition coefficient (Wildman–Crippen LogP) is 3.10. The quantitative estimate of drug-likeness (QED) is 0.179. The summed E-state index contributed by atoms with van der Waals surface area (Å²) in [6, 6.07) is 0. The van der Waals surface area contributed by atoms with Crippen LogP contribution in [-0.4, -0.2) is 59.4 Å². The van der Waals surface area contributed by atoms with Crippen LogP contribution < -0.4 is 0 Å². The maximum absolute atomic E-state index is 11.5. The van der Waals surface area contributed by atoms with Gasteiger partial charge in [0.05, 0.1) is 25.4 Å². The molecule has 160 valence electrons. The topological polar surface area (TPSA) is 99.5 Å². The van der Waals surface area contributed by atoms with E-state index in [1.54, 1.807) is 0 Å². The van der Waals surface area contributed by atoms with Gasteiger partial charge in [0.25, 0.3) is 0 Å². The highest BCUT2D eigenvalue weighted by Gasteiger charge is 2.36. The van der Waals surface area contributed by atoms with Gasteiger partial charge < -0.3 is 24.8 Å². The van der Waals surface area contributed by atoms with Gasteiger partial charge in [-0.1, -0.05) is 57.8 Å². The van der Waals surface area contributed by atoms with E-state index in [1.807, 2.05) is 0 Å². The summed E-state index contributed by atoms with van der Waals surface area (Å²) in [5.41, 5.74) is 0. The van der Waals surface area contributed by atoms with Gasteiger partial charge in [-0.2, -0.15) is 0 Å². The number of esters is 1. The predicted molar refractivity (Wildman–Crippen MR) is 104 cm³/mol. The molecule has 1 fully saturated rings. The number of hydrogen-bond donors (Lipinski definition) is 3. The van der Waals surface area contributed by atoms with Crippen molar-refractivity contribution in [3.05, 3.63) is 0 Å². The largest absolute Gasteiger partial charge is 0.457 e. The number of unbranched alkanes of at least 4 members (excludes halogenated alkanes) is 9. The minimum Gasteiger partial charge on any atom is -0.457 e. The molecular formula is C21H40O6. The summed E-state index contributed by atoms with van der Waals surface area (Å²) in [4.78, 5) is 11.5. The highest BCUT2D eigenvalue weighted by atomic mass is 16.6. The summed E-state index contributed by atoms with van der Waals surface area (Å²) in [5.74, 6) is -0.342. The Morgan fingerprint density at radius 3 is 1.74 bits per heavy atom. The Morgan fingerprint density at radius 1 is 0.741 bits per heavy atom. The molecule has 0 aromatic heterocycles. The molecule has 0 radical (unpaired) electrons. The van der Waals surface area contributed by atoms with E-state index in [-0.39, 0.29) is 19.2 Å². The summed E-state index contributed by atoms with van der Waals surface area (Å²) in [6.45, 7) is -0.353. The van der Waals surface area contributed by atoms with Crippen LogP contribution in [0.4, 0.5) is 0 Å². The molecule has 1 aliphatic rings. The fourth-order valence-electron chi connectivity index (χ4n) is 3.37. The molecule has 1 rings (SSSR count). The molecule has 0 bridgehead atoms. The molecule has 1 heterocycles. The van der Waals surface area contributed by atoms with Gasteiger partial charge in [-0.25, -0.2) is 0 Å². The lowest BCUT2D eigenvalue weighted by atomic mass is 10.0. The van der Waals surface area contributed by atoms with Crippen LogP contribution in [0.1, 0.15) is 89.9 Å². The summed E-state index contributed by atoms with van der Waals surface area (Å²) >= 11 is 0. The molecular weight excluding hydrogens is 348 g/mol. The molecule has 0 saturated carbocycles. The first-order valence-electron chi connectivity index (χ1n) is 10.9. The molecule has 3 N–H and O–H groups in total. The van der Waals surface area contributed by atoms with Gasteiger partial charge >= 0.3 is 5.97 Å². The summed E-state index contributed by atoms with van der Waals surface area (Å²) in [5, 5.41) is 26.4. The Bertz CT molecular complexity index is 359. The van der Waals surface area contributed by atoms with Crippen molar-refractivity contribution in [2.75, 3.05) is 19.8 Å². The lowest BCUT2D eigenvalue weighted by molar-refractivity contribution is -0.153. The zero-order valence-corrected chi connectivity index (χ0v) is 16.8. The van der Waals surface area contributed by atoms with E-state index in [9.17, 15) is 4.79 Å². The average Bonchev–Trinajstić information content (AvgIpc) is 3.42. The van der Waals surface area contributed by atoms with Crippen LogP contribution in [0.15, 0.2) is 0 Å². The standard InChI is InChI=1S/C21H40O6/c22-15-11-7-2-1-4-8-12-19-20(27-19)13-9-5-3-6-10-14-21(25)26-18(16-23)17-24/h18-20,22-24H,1-17H2. The van der Waals surface area contributed by atoms with Crippen molar-refractivity contribution >= 4 is 5.97 Å². The number of rotatable bonds is 19. The molecule has 6 nitrogen and oxygen atoms in total. The van der Waals surface area contributed by atoms with Crippen LogP contribution in [0.25, 0.3) is 0 Å². The van der Waals surface area contributed by atoms with E-state index < -0.39 is 6.10 Å². The van der Waals surface area contributed by atoms with Gasteiger partial charge in [-0.3, -0.25) is 4.79 Å². The zero-order chi connectivity index (χ0) is 19.7. The van der Waals surface area contributed by atoms with Gasteiger partial charge in [0.2, 0.25) is 0 Å². The van der Waals surface area contributed by atoms with Crippen LogP contribution in [0.2, 0.25) is 0 Å².